The topological polar surface area (TPSA) is 81.6 Å². The van der Waals surface area contributed by atoms with Crippen LogP contribution in [-0.2, 0) is 4.79 Å². The number of alkyl halides is 2. The molecule has 0 aliphatic heterocycles. The number of ether oxygens (including phenoxy) is 1. The van der Waals surface area contributed by atoms with Crippen LogP contribution in [0.2, 0.25) is 0 Å². The van der Waals surface area contributed by atoms with Crippen LogP contribution in [0.1, 0.15) is 19.8 Å². The van der Waals surface area contributed by atoms with Gasteiger partial charge in [-0.2, -0.15) is 8.78 Å². The van der Waals surface area contributed by atoms with Gasteiger partial charge in [0.2, 0.25) is 5.91 Å². The summed E-state index contributed by atoms with van der Waals surface area (Å²) >= 11 is 0. The van der Waals surface area contributed by atoms with Crippen molar-refractivity contribution in [1.82, 2.24) is 0 Å². The van der Waals surface area contributed by atoms with Crippen molar-refractivity contribution in [3.05, 3.63) is 17.9 Å². The number of rotatable bonds is 8. The van der Waals surface area contributed by atoms with E-state index in [1.54, 1.807) is 0 Å². The monoisotopic (exact) mass is 305 g/mol. The van der Waals surface area contributed by atoms with Crippen molar-refractivity contribution in [1.29, 1.82) is 0 Å². The van der Waals surface area contributed by atoms with E-state index in [-0.39, 0.29) is 17.9 Å². The average molecular weight is 305 g/mol. The van der Waals surface area contributed by atoms with E-state index in [1.807, 2.05) is 6.92 Å². The quantitative estimate of drug-likeness (QED) is 0.721. The van der Waals surface area contributed by atoms with Crippen molar-refractivity contribution >= 4 is 17.3 Å². The molecule has 21 heavy (non-hydrogen) atoms. The summed E-state index contributed by atoms with van der Waals surface area (Å²) in [6.07, 6.45) is 1.58. The largest absolute Gasteiger partial charge is 0.432 e. The van der Waals surface area contributed by atoms with Gasteiger partial charge < -0.3 is 21.1 Å². The normalized spacial score (nSPS) is 10.7. The lowest BCUT2D eigenvalue weighted by Crippen LogP contribution is -2.35. The molecule has 118 valence electrons. The van der Waals surface area contributed by atoms with E-state index in [0.29, 0.717) is 6.54 Å². The highest BCUT2D eigenvalue weighted by Crippen LogP contribution is 2.32. The Morgan fingerprint density at radius 1 is 1.43 bits per heavy atom. The number of halogens is 3. The average Bonchev–Trinajstić information content (AvgIpc) is 2.37. The number of nitrogens with two attached hydrogens (primary N) is 2. The predicted molar refractivity (Wildman–Crippen MR) is 73.8 cm³/mol. The fourth-order valence-corrected chi connectivity index (χ4v) is 1.84. The van der Waals surface area contributed by atoms with Crippen LogP contribution in [-0.4, -0.2) is 25.6 Å². The lowest BCUT2D eigenvalue weighted by atomic mass is 10.2. The van der Waals surface area contributed by atoms with Crippen LogP contribution in [0.15, 0.2) is 12.1 Å². The molecule has 4 N–H and O–H groups in total. The highest BCUT2D eigenvalue weighted by atomic mass is 19.3. The highest BCUT2D eigenvalue weighted by Gasteiger charge is 2.18. The number of hydrogen-bond donors (Lipinski definition) is 2. The van der Waals surface area contributed by atoms with Gasteiger partial charge in [0.25, 0.3) is 0 Å². The van der Waals surface area contributed by atoms with E-state index in [9.17, 15) is 18.0 Å². The number of primary amides is 1. The van der Waals surface area contributed by atoms with Crippen LogP contribution in [0.5, 0.6) is 5.75 Å². The third-order valence-corrected chi connectivity index (χ3v) is 2.77. The van der Waals surface area contributed by atoms with Crippen LogP contribution in [0.3, 0.4) is 0 Å². The fraction of sp³-hybridized carbons (Fsp3) is 0.462. The molecule has 0 bridgehead atoms. The Balaban J connectivity index is 3.12. The Bertz CT molecular complexity index is 498. The van der Waals surface area contributed by atoms with E-state index in [0.717, 1.165) is 25.0 Å². The number of anilines is 2. The summed E-state index contributed by atoms with van der Waals surface area (Å²) in [6, 6.07) is 1.93. The summed E-state index contributed by atoms with van der Waals surface area (Å²) in [5, 5.41) is 0. The number of hydrogen-bond acceptors (Lipinski definition) is 4. The number of unbranched alkanes of at least 4 members (excludes halogenated alkanes) is 1. The highest BCUT2D eigenvalue weighted by molar-refractivity contribution is 5.82. The van der Waals surface area contributed by atoms with Crippen molar-refractivity contribution in [3.63, 3.8) is 0 Å². The van der Waals surface area contributed by atoms with Gasteiger partial charge in [-0.25, -0.2) is 4.39 Å². The summed E-state index contributed by atoms with van der Waals surface area (Å²) < 4.78 is 42.1. The van der Waals surface area contributed by atoms with E-state index < -0.39 is 24.1 Å². The Morgan fingerprint density at radius 3 is 2.62 bits per heavy atom. The minimum atomic E-state index is -3.16. The van der Waals surface area contributed by atoms with Crippen LogP contribution in [0.25, 0.3) is 0 Å². The molecule has 0 aliphatic rings. The van der Waals surface area contributed by atoms with E-state index in [4.69, 9.17) is 11.5 Å². The maximum atomic E-state index is 13.5. The number of benzene rings is 1. The first kappa shape index (κ1) is 16.9. The van der Waals surface area contributed by atoms with E-state index >= 15 is 0 Å². The first-order chi connectivity index (χ1) is 9.85. The third-order valence-electron chi connectivity index (χ3n) is 2.77. The molecular weight excluding hydrogens is 287 g/mol. The molecule has 0 atom stereocenters. The van der Waals surface area contributed by atoms with Crippen molar-refractivity contribution in [2.45, 2.75) is 26.4 Å². The Labute approximate surface area is 120 Å². The summed E-state index contributed by atoms with van der Waals surface area (Å²) in [5.74, 6) is -2.22. The van der Waals surface area contributed by atoms with Gasteiger partial charge >= 0.3 is 6.61 Å². The Hall–Kier alpha value is -2.12. The zero-order valence-corrected chi connectivity index (χ0v) is 11.6. The van der Waals surface area contributed by atoms with Crippen molar-refractivity contribution in [3.8, 4) is 5.75 Å². The van der Waals surface area contributed by atoms with Gasteiger partial charge in [-0.3, -0.25) is 4.79 Å². The molecule has 0 aromatic heterocycles. The maximum absolute atomic E-state index is 13.5. The van der Waals surface area contributed by atoms with Crippen LogP contribution in [0.4, 0.5) is 24.5 Å². The molecule has 1 aromatic rings. The lowest BCUT2D eigenvalue weighted by Gasteiger charge is -2.25. The zero-order chi connectivity index (χ0) is 16.0. The molecule has 0 spiro atoms. The molecule has 0 fully saturated rings. The van der Waals surface area contributed by atoms with Crippen LogP contribution >= 0.6 is 0 Å². The first-order valence-electron chi connectivity index (χ1n) is 6.42. The van der Waals surface area contributed by atoms with Gasteiger partial charge in [-0.15, -0.1) is 0 Å². The summed E-state index contributed by atoms with van der Waals surface area (Å²) in [4.78, 5) is 12.6. The predicted octanol–water partition coefficient (Wildman–Crippen LogP) is 2.10. The molecule has 1 amide bonds. The number of carbonyl (C=O) groups is 1. The number of amides is 1. The fourth-order valence-electron chi connectivity index (χ4n) is 1.84. The SMILES string of the molecule is CCCCN(CC(N)=O)c1cc(OC(F)F)c(F)cc1N. The van der Waals surface area contributed by atoms with Crippen molar-refractivity contribution < 1.29 is 22.7 Å². The molecule has 5 nitrogen and oxygen atoms in total. The van der Waals surface area contributed by atoms with Gasteiger partial charge in [-0.1, -0.05) is 13.3 Å². The van der Waals surface area contributed by atoms with Gasteiger partial charge in [-0.05, 0) is 6.42 Å². The van der Waals surface area contributed by atoms with Gasteiger partial charge in [0.05, 0.1) is 17.9 Å². The first-order valence-corrected chi connectivity index (χ1v) is 6.42. The second-order valence-electron chi connectivity index (χ2n) is 4.46. The van der Waals surface area contributed by atoms with Gasteiger partial charge in [0.1, 0.15) is 0 Å². The van der Waals surface area contributed by atoms with Crippen LogP contribution in [0, 0.1) is 5.82 Å². The second kappa shape index (κ2) is 7.61. The molecule has 0 aliphatic carbocycles. The zero-order valence-electron chi connectivity index (χ0n) is 11.6. The van der Waals surface area contributed by atoms with Gasteiger partial charge in [0, 0.05) is 18.7 Å². The summed E-state index contributed by atoms with van der Waals surface area (Å²) in [6.45, 7) is -0.925. The number of nitrogens with zero attached hydrogens (tertiary/aromatic N) is 1. The smallest absolute Gasteiger partial charge is 0.387 e. The molecular formula is C13H18F3N3O2. The maximum Gasteiger partial charge on any atom is 0.387 e. The van der Waals surface area contributed by atoms with Crippen LogP contribution < -0.4 is 21.1 Å². The van der Waals surface area contributed by atoms with Crippen molar-refractivity contribution in [2.75, 3.05) is 23.7 Å². The second-order valence-corrected chi connectivity index (χ2v) is 4.46. The minimum absolute atomic E-state index is 0.0199. The number of carbonyl (C=O) groups excluding carboxylic acids is 1. The summed E-state index contributed by atoms with van der Waals surface area (Å²) in [7, 11) is 0. The van der Waals surface area contributed by atoms with Gasteiger partial charge in [0.15, 0.2) is 11.6 Å². The third kappa shape index (κ3) is 5.05. The summed E-state index contributed by atoms with van der Waals surface area (Å²) in [5.41, 5.74) is 11.1. The molecule has 1 rings (SSSR count). The molecule has 0 radical (unpaired) electrons. The molecule has 0 saturated heterocycles. The minimum Gasteiger partial charge on any atom is -0.432 e. The molecule has 0 saturated carbocycles. The molecule has 1 aromatic carbocycles. The standard InChI is InChI=1S/C13H18F3N3O2/c1-2-3-4-19(7-12(18)20)10-6-11(21-13(15)16)8(14)5-9(10)17/h5-6,13H,2-4,7,17H2,1H3,(H2,18,20). The molecule has 0 heterocycles. The molecule has 0 unspecified atom stereocenters. The van der Waals surface area contributed by atoms with Crippen molar-refractivity contribution in [2.24, 2.45) is 5.73 Å². The molecule has 8 heteroatoms. The Kier molecular flexibility index (Phi) is 6.13. The Morgan fingerprint density at radius 2 is 2.10 bits per heavy atom. The van der Waals surface area contributed by atoms with E-state index in [1.165, 1.54) is 4.90 Å². The number of nitrogen functional groups attached to an aromatic ring is 1. The van der Waals surface area contributed by atoms with E-state index in [2.05, 4.69) is 4.74 Å². The lowest BCUT2D eigenvalue weighted by molar-refractivity contribution is -0.116.